The van der Waals surface area contributed by atoms with Gasteiger partial charge in [0.25, 0.3) is 0 Å². The molecule has 0 aliphatic heterocycles. The Bertz CT molecular complexity index is 394. The second-order valence-electron chi connectivity index (χ2n) is 4.20. The van der Waals surface area contributed by atoms with E-state index in [9.17, 15) is 9.18 Å². The Labute approximate surface area is 100.0 Å². The van der Waals surface area contributed by atoms with Crippen LogP contribution >= 0.6 is 0 Å². The van der Waals surface area contributed by atoms with Gasteiger partial charge in [0.1, 0.15) is 12.4 Å². The highest BCUT2D eigenvalue weighted by molar-refractivity contribution is 5.92. The molecule has 0 unspecified atom stereocenters. The van der Waals surface area contributed by atoms with Crippen LogP contribution in [0.5, 0.6) is 0 Å². The topological polar surface area (TPSA) is 64.3 Å². The van der Waals surface area contributed by atoms with Crippen molar-refractivity contribution in [2.45, 2.75) is 13.8 Å². The third-order valence-corrected chi connectivity index (χ3v) is 1.95. The second kappa shape index (κ2) is 6.20. The SMILES string of the molecule is CC(C)COCC(=O)Nc1cc(N)ccc1F. The van der Waals surface area contributed by atoms with Gasteiger partial charge in [0.05, 0.1) is 5.69 Å². The van der Waals surface area contributed by atoms with Gasteiger partial charge in [-0.3, -0.25) is 4.79 Å². The van der Waals surface area contributed by atoms with Gasteiger partial charge in [-0.15, -0.1) is 0 Å². The van der Waals surface area contributed by atoms with Crippen molar-refractivity contribution in [3.05, 3.63) is 24.0 Å². The molecule has 94 valence electrons. The Morgan fingerprint density at radius 2 is 2.24 bits per heavy atom. The molecule has 1 aromatic carbocycles. The number of carbonyl (C=O) groups is 1. The first-order chi connectivity index (χ1) is 7.99. The van der Waals surface area contributed by atoms with Crippen molar-refractivity contribution in [2.24, 2.45) is 5.92 Å². The molecule has 0 fully saturated rings. The molecule has 1 rings (SSSR count). The summed E-state index contributed by atoms with van der Waals surface area (Å²) in [6.45, 7) is 4.37. The maximum absolute atomic E-state index is 13.3. The van der Waals surface area contributed by atoms with E-state index >= 15 is 0 Å². The molecule has 0 bridgehead atoms. The number of hydrogen-bond acceptors (Lipinski definition) is 3. The minimum absolute atomic E-state index is 0.0724. The van der Waals surface area contributed by atoms with E-state index in [1.807, 2.05) is 13.8 Å². The Balaban J connectivity index is 2.47. The van der Waals surface area contributed by atoms with E-state index in [4.69, 9.17) is 10.5 Å². The summed E-state index contributed by atoms with van der Waals surface area (Å²) in [5.74, 6) is -0.557. The Morgan fingerprint density at radius 1 is 1.53 bits per heavy atom. The number of rotatable bonds is 5. The van der Waals surface area contributed by atoms with Crippen LogP contribution in [-0.2, 0) is 9.53 Å². The van der Waals surface area contributed by atoms with E-state index in [0.717, 1.165) is 0 Å². The van der Waals surface area contributed by atoms with Crippen molar-refractivity contribution in [3.63, 3.8) is 0 Å². The van der Waals surface area contributed by atoms with Crippen LogP contribution in [-0.4, -0.2) is 19.1 Å². The molecule has 0 aliphatic carbocycles. The highest BCUT2D eigenvalue weighted by Gasteiger charge is 2.07. The van der Waals surface area contributed by atoms with Crippen molar-refractivity contribution in [1.29, 1.82) is 0 Å². The van der Waals surface area contributed by atoms with E-state index in [2.05, 4.69) is 5.32 Å². The maximum atomic E-state index is 13.3. The zero-order chi connectivity index (χ0) is 12.8. The molecule has 0 aromatic heterocycles. The Hall–Kier alpha value is -1.62. The quantitative estimate of drug-likeness (QED) is 0.774. The van der Waals surface area contributed by atoms with E-state index in [-0.39, 0.29) is 12.3 Å². The second-order valence-corrected chi connectivity index (χ2v) is 4.20. The zero-order valence-electron chi connectivity index (χ0n) is 10.00. The highest BCUT2D eigenvalue weighted by atomic mass is 19.1. The minimum Gasteiger partial charge on any atom is -0.399 e. The molecule has 1 amide bonds. The van der Waals surface area contributed by atoms with E-state index in [1.54, 1.807) is 0 Å². The number of benzene rings is 1. The van der Waals surface area contributed by atoms with E-state index in [1.165, 1.54) is 18.2 Å². The summed E-state index contributed by atoms with van der Waals surface area (Å²) in [6, 6.07) is 4.01. The van der Waals surface area contributed by atoms with Crippen LogP contribution in [0.3, 0.4) is 0 Å². The summed E-state index contributed by atoms with van der Waals surface area (Å²) in [5, 5.41) is 2.41. The third kappa shape index (κ3) is 4.82. The van der Waals surface area contributed by atoms with E-state index < -0.39 is 11.7 Å². The molecule has 0 heterocycles. The van der Waals surface area contributed by atoms with Gasteiger partial charge >= 0.3 is 0 Å². The monoisotopic (exact) mass is 240 g/mol. The predicted octanol–water partition coefficient (Wildman–Crippen LogP) is 2.02. The van der Waals surface area contributed by atoms with Crippen LogP contribution in [0, 0.1) is 11.7 Å². The van der Waals surface area contributed by atoms with Crippen LogP contribution < -0.4 is 11.1 Å². The van der Waals surface area contributed by atoms with Crippen LogP contribution in [0.1, 0.15) is 13.8 Å². The standard InChI is InChI=1S/C12H17FN2O2/c1-8(2)6-17-7-12(16)15-11-5-9(14)3-4-10(11)13/h3-5,8H,6-7,14H2,1-2H3,(H,15,16). The van der Waals surface area contributed by atoms with Crippen molar-refractivity contribution in [2.75, 3.05) is 24.3 Å². The molecular weight excluding hydrogens is 223 g/mol. The lowest BCUT2D eigenvalue weighted by Crippen LogP contribution is -2.20. The number of nitrogen functional groups attached to an aromatic ring is 1. The molecule has 0 aliphatic rings. The first kappa shape index (κ1) is 13.4. The van der Waals surface area contributed by atoms with E-state index in [0.29, 0.717) is 18.2 Å². The number of hydrogen-bond donors (Lipinski definition) is 2. The average molecular weight is 240 g/mol. The zero-order valence-corrected chi connectivity index (χ0v) is 10.00. The smallest absolute Gasteiger partial charge is 0.250 e. The van der Waals surface area contributed by atoms with Crippen molar-refractivity contribution in [1.82, 2.24) is 0 Å². The predicted molar refractivity (Wildman–Crippen MR) is 65.1 cm³/mol. The van der Waals surface area contributed by atoms with Gasteiger partial charge in [-0.05, 0) is 24.1 Å². The number of amides is 1. The fourth-order valence-electron chi connectivity index (χ4n) is 1.21. The summed E-state index contributed by atoms with van der Waals surface area (Å²) in [6.07, 6.45) is 0. The van der Waals surface area contributed by atoms with Gasteiger partial charge in [0.15, 0.2) is 0 Å². The molecule has 4 nitrogen and oxygen atoms in total. The normalized spacial score (nSPS) is 10.6. The maximum Gasteiger partial charge on any atom is 0.250 e. The van der Waals surface area contributed by atoms with Crippen LogP contribution in [0.2, 0.25) is 0 Å². The van der Waals surface area contributed by atoms with Gasteiger partial charge in [0.2, 0.25) is 5.91 Å². The number of ether oxygens (including phenoxy) is 1. The minimum atomic E-state index is -0.517. The lowest BCUT2D eigenvalue weighted by Gasteiger charge is -2.09. The lowest BCUT2D eigenvalue weighted by atomic mass is 10.2. The number of nitrogens with one attached hydrogen (secondary N) is 1. The number of anilines is 2. The van der Waals surface area contributed by atoms with Crippen LogP contribution in [0.4, 0.5) is 15.8 Å². The fourth-order valence-corrected chi connectivity index (χ4v) is 1.21. The lowest BCUT2D eigenvalue weighted by molar-refractivity contribution is -0.120. The summed E-state index contributed by atoms with van der Waals surface area (Å²) >= 11 is 0. The Morgan fingerprint density at radius 3 is 2.88 bits per heavy atom. The fraction of sp³-hybridized carbons (Fsp3) is 0.417. The van der Waals surface area contributed by atoms with Gasteiger partial charge in [-0.25, -0.2) is 4.39 Å². The number of halogens is 1. The Kier molecular flexibility index (Phi) is 4.90. The summed E-state index contributed by atoms with van der Waals surface area (Å²) in [5.41, 5.74) is 5.96. The molecule has 0 radical (unpaired) electrons. The van der Waals surface area contributed by atoms with Gasteiger partial charge in [0, 0.05) is 12.3 Å². The molecule has 0 saturated heterocycles. The summed E-state index contributed by atoms with van der Waals surface area (Å²) in [4.78, 5) is 11.4. The first-order valence-electron chi connectivity index (χ1n) is 5.41. The average Bonchev–Trinajstić information content (AvgIpc) is 2.23. The molecule has 1 aromatic rings. The van der Waals surface area contributed by atoms with Crippen molar-refractivity contribution >= 4 is 17.3 Å². The molecule has 0 spiro atoms. The van der Waals surface area contributed by atoms with Gasteiger partial charge < -0.3 is 15.8 Å². The van der Waals surface area contributed by atoms with Gasteiger partial charge in [-0.2, -0.15) is 0 Å². The highest BCUT2D eigenvalue weighted by Crippen LogP contribution is 2.17. The third-order valence-electron chi connectivity index (χ3n) is 1.95. The summed E-state index contributed by atoms with van der Waals surface area (Å²) in [7, 11) is 0. The molecule has 3 N–H and O–H groups in total. The molecule has 5 heteroatoms. The molecule has 17 heavy (non-hydrogen) atoms. The van der Waals surface area contributed by atoms with Crippen molar-refractivity contribution < 1.29 is 13.9 Å². The van der Waals surface area contributed by atoms with Crippen LogP contribution in [0.25, 0.3) is 0 Å². The number of carbonyl (C=O) groups excluding carboxylic acids is 1. The van der Waals surface area contributed by atoms with Crippen molar-refractivity contribution in [3.8, 4) is 0 Å². The van der Waals surface area contributed by atoms with Gasteiger partial charge in [-0.1, -0.05) is 13.8 Å². The molecule has 0 saturated carbocycles. The largest absolute Gasteiger partial charge is 0.399 e. The molecule has 0 atom stereocenters. The first-order valence-corrected chi connectivity index (χ1v) is 5.41. The number of nitrogens with two attached hydrogens (primary N) is 1. The van der Waals surface area contributed by atoms with Crippen LogP contribution in [0.15, 0.2) is 18.2 Å². The molecular formula is C12H17FN2O2. The summed E-state index contributed by atoms with van der Waals surface area (Å²) < 4.78 is 18.4.